The van der Waals surface area contributed by atoms with E-state index >= 15 is 0 Å². The highest BCUT2D eigenvalue weighted by Gasteiger charge is 2.25. The topological polar surface area (TPSA) is 42.7 Å². The Kier molecular flexibility index (Phi) is 10.0. The van der Waals surface area contributed by atoms with Crippen LogP contribution in [-0.2, 0) is 10.8 Å². The van der Waals surface area contributed by atoms with E-state index in [1.54, 1.807) is 0 Å². The van der Waals surface area contributed by atoms with Crippen molar-refractivity contribution in [2.45, 2.75) is 52.4 Å². The Morgan fingerprint density at radius 2 is 0.967 bits per heavy atom. The van der Waals surface area contributed by atoms with E-state index in [2.05, 4.69) is 233 Å². The summed E-state index contributed by atoms with van der Waals surface area (Å²) in [6.07, 6.45) is 1.92. The summed E-state index contributed by atoms with van der Waals surface area (Å²) >= 11 is 0. The first kappa shape index (κ1) is 38.5. The van der Waals surface area contributed by atoms with Crippen LogP contribution in [0.2, 0.25) is 0 Å². The molecule has 1 N–H and O–H groups in total. The number of aromatic nitrogens is 3. The van der Waals surface area contributed by atoms with E-state index < -0.39 is 0 Å². The summed E-state index contributed by atoms with van der Waals surface area (Å²) in [7, 11) is 0. The zero-order chi connectivity index (χ0) is 41.4. The molecule has 0 unspecified atom stereocenters. The monoisotopic (exact) mass is 778 g/mol. The van der Waals surface area contributed by atoms with Gasteiger partial charge in [-0.05, 0) is 92.7 Å². The third-order valence-corrected chi connectivity index (χ3v) is 11.4. The second-order valence-electron chi connectivity index (χ2n) is 17.6. The average Bonchev–Trinajstić information content (AvgIpc) is 3.66. The van der Waals surface area contributed by atoms with Crippen LogP contribution in [0.5, 0.6) is 0 Å². The van der Waals surface area contributed by atoms with E-state index in [4.69, 9.17) is 9.97 Å². The van der Waals surface area contributed by atoms with Gasteiger partial charge in [0.1, 0.15) is 5.82 Å². The van der Waals surface area contributed by atoms with E-state index in [0.29, 0.717) is 0 Å². The molecule has 0 aliphatic heterocycles. The van der Waals surface area contributed by atoms with Gasteiger partial charge in [-0.2, -0.15) is 0 Å². The molecule has 4 heteroatoms. The maximum absolute atomic E-state index is 5.68. The molecule has 60 heavy (non-hydrogen) atoms. The average molecular weight is 779 g/mol. The first-order valence-electron chi connectivity index (χ1n) is 20.8. The number of nitrogens with zero attached hydrogens (tertiary/aromatic N) is 3. The number of pyridine rings is 1. The predicted octanol–water partition coefficient (Wildman–Crippen LogP) is 15.1. The smallest absolute Gasteiger partial charge is 0.147 e. The normalized spacial score (nSPS) is 11.8. The summed E-state index contributed by atoms with van der Waals surface area (Å²) in [6.45, 7) is 13.6. The molecule has 294 valence electrons. The molecule has 0 saturated carbocycles. The molecular weight excluding hydrogens is 729 g/mol. The van der Waals surface area contributed by atoms with E-state index in [1.807, 2.05) is 6.20 Å². The molecule has 0 aliphatic rings. The van der Waals surface area contributed by atoms with Crippen LogP contribution in [0.1, 0.15) is 52.7 Å². The molecule has 9 aromatic rings. The number of hydrogen-bond donors (Lipinski definition) is 1. The highest BCUT2D eigenvalue weighted by molar-refractivity contribution is 5.98. The van der Waals surface area contributed by atoms with Crippen LogP contribution in [0, 0.1) is 0 Å². The second-order valence-corrected chi connectivity index (χ2v) is 17.6. The summed E-state index contributed by atoms with van der Waals surface area (Å²) < 4.78 is 2.37. The number of anilines is 2. The molecule has 2 aromatic heterocycles. The third-order valence-electron chi connectivity index (χ3n) is 11.4. The molecule has 7 aromatic carbocycles. The van der Waals surface area contributed by atoms with Gasteiger partial charge in [0.2, 0.25) is 0 Å². The fourth-order valence-electron chi connectivity index (χ4n) is 8.07. The molecule has 0 fully saturated rings. The molecular formula is C56H50N4. The maximum atomic E-state index is 5.68. The molecule has 0 spiro atoms. The van der Waals surface area contributed by atoms with Crippen LogP contribution < -0.4 is 5.32 Å². The number of nitrogens with one attached hydrogen (secondary N) is 1. The number of hydrogen-bond acceptors (Lipinski definition) is 3. The predicted molar refractivity (Wildman–Crippen MR) is 253 cm³/mol. The maximum Gasteiger partial charge on any atom is 0.147 e. The van der Waals surface area contributed by atoms with Gasteiger partial charge in [-0.15, -0.1) is 0 Å². The number of benzene rings is 7. The van der Waals surface area contributed by atoms with E-state index in [0.717, 1.165) is 84.1 Å². The van der Waals surface area contributed by atoms with Gasteiger partial charge in [-0.25, -0.2) is 4.98 Å². The van der Waals surface area contributed by atoms with Crippen molar-refractivity contribution in [3.05, 3.63) is 199 Å². The highest BCUT2D eigenvalue weighted by Crippen LogP contribution is 2.43. The van der Waals surface area contributed by atoms with Crippen LogP contribution in [0.25, 0.3) is 72.7 Å². The summed E-state index contributed by atoms with van der Waals surface area (Å²) in [5.74, 6) is 0.863. The van der Waals surface area contributed by atoms with Crippen LogP contribution in [0.3, 0.4) is 0 Å². The van der Waals surface area contributed by atoms with Crippen molar-refractivity contribution < 1.29 is 0 Å². The van der Waals surface area contributed by atoms with Gasteiger partial charge >= 0.3 is 0 Å². The summed E-state index contributed by atoms with van der Waals surface area (Å²) in [4.78, 5) is 10.7. The van der Waals surface area contributed by atoms with Crippen LogP contribution >= 0.6 is 0 Å². The fourth-order valence-corrected chi connectivity index (χ4v) is 8.07. The van der Waals surface area contributed by atoms with Crippen molar-refractivity contribution in [2.75, 3.05) is 5.32 Å². The minimum atomic E-state index is -0.109. The Balaban J connectivity index is 1.30. The summed E-state index contributed by atoms with van der Waals surface area (Å²) in [6, 6.07) is 64.9. The van der Waals surface area contributed by atoms with Crippen molar-refractivity contribution in [1.82, 2.24) is 14.5 Å². The van der Waals surface area contributed by atoms with Crippen molar-refractivity contribution in [3.63, 3.8) is 0 Å². The van der Waals surface area contributed by atoms with Gasteiger partial charge in [0, 0.05) is 39.8 Å². The number of para-hydroxylation sites is 2. The van der Waals surface area contributed by atoms with E-state index in [-0.39, 0.29) is 10.8 Å². The minimum absolute atomic E-state index is 0.0582. The van der Waals surface area contributed by atoms with E-state index in [1.165, 1.54) is 11.1 Å². The van der Waals surface area contributed by atoms with Gasteiger partial charge in [-0.3, -0.25) is 9.55 Å². The largest absolute Gasteiger partial charge is 0.354 e. The number of rotatable bonds is 8. The Bertz CT molecular complexity index is 2950. The summed E-state index contributed by atoms with van der Waals surface area (Å²) in [5, 5.41) is 3.98. The quantitative estimate of drug-likeness (QED) is 0.167. The van der Waals surface area contributed by atoms with Crippen molar-refractivity contribution in [2.24, 2.45) is 0 Å². The third kappa shape index (κ3) is 7.53. The second kappa shape index (κ2) is 15.6. The van der Waals surface area contributed by atoms with Crippen molar-refractivity contribution in [1.29, 1.82) is 0 Å². The lowest BCUT2D eigenvalue weighted by Crippen LogP contribution is -2.13. The Morgan fingerprint density at radius 3 is 1.60 bits per heavy atom. The molecule has 0 saturated heterocycles. The number of imidazole rings is 1. The van der Waals surface area contributed by atoms with Crippen LogP contribution in [-0.4, -0.2) is 14.5 Å². The lowest BCUT2D eigenvalue weighted by atomic mass is 9.85. The zero-order valence-corrected chi connectivity index (χ0v) is 35.2. The SMILES string of the molecule is CC(C)(C)c1ccc(Nc2ccc(C(C)(C)C)cc2-c2nc3c(-c4ccccc4)cccc3n2-c2ccccc2-c2ccccc2)c(-c2cc(-c3ccccc3)ccn2)c1. The molecule has 0 atom stereocenters. The molecule has 0 aliphatic carbocycles. The van der Waals surface area contributed by atoms with Gasteiger partial charge in [0.25, 0.3) is 0 Å². The Labute approximate surface area is 354 Å². The van der Waals surface area contributed by atoms with Gasteiger partial charge in [-0.1, -0.05) is 175 Å². The molecule has 9 rings (SSSR count). The zero-order valence-electron chi connectivity index (χ0n) is 35.2. The first-order valence-corrected chi connectivity index (χ1v) is 20.8. The number of fused-ring (bicyclic) bond motifs is 1. The molecule has 2 heterocycles. The minimum Gasteiger partial charge on any atom is -0.354 e. The first-order chi connectivity index (χ1) is 29.0. The van der Waals surface area contributed by atoms with Gasteiger partial charge < -0.3 is 5.32 Å². The molecule has 0 amide bonds. The molecule has 0 radical (unpaired) electrons. The molecule has 4 nitrogen and oxygen atoms in total. The standard InChI is InChI=1S/C56H50N4/c1-55(2,3)42-29-31-48(46(36-42)50-35-41(33-34-57-50)38-19-10-7-11-20-38)58-49-32-30-43(56(4,5)6)37-47(49)54-59-53-45(40-23-14-9-15-24-40)26-18-28-52(53)60(54)51-27-17-16-25-44(51)39-21-12-8-13-22-39/h7-37,58H,1-6H3. The Hall–Kier alpha value is -7.04. The summed E-state index contributed by atoms with van der Waals surface area (Å²) in [5.41, 5.74) is 17.0. The van der Waals surface area contributed by atoms with Crippen molar-refractivity contribution >= 4 is 22.4 Å². The van der Waals surface area contributed by atoms with Gasteiger partial charge in [0.15, 0.2) is 0 Å². The highest BCUT2D eigenvalue weighted by atomic mass is 15.1. The van der Waals surface area contributed by atoms with Crippen LogP contribution in [0.15, 0.2) is 188 Å². The lowest BCUT2D eigenvalue weighted by Gasteiger charge is -2.24. The van der Waals surface area contributed by atoms with Gasteiger partial charge in [0.05, 0.1) is 22.4 Å². The van der Waals surface area contributed by atoms with Crippen LogP contribution in [0.4, 0.5) is 11.4 Å². The fraction of sp³-hybridized carbons (Fsp3) is 0.143. The van der Waals surface area contributed by atoms with E-state index in [9.17, 15) is 0 Å². The lowest BCUT2D eigenvalue weighted by molar-refractivity contribution is 0.590. The van der Waals surface area contributed by atoms with Crippen molar-refractivity contribution in [3.8, 4) is 61.7 Å². The molecule has 0 bridgehead atoms. The Morgan fingerprint density at radius 1 is 0.433 bits per heavy atom.